The zero-order valence-corrected chi connectivity index (χ0v) is 18.1. The van der Waals surface area contributed by atoms with Gasteiger partial charge in [-0.2, -0.15) is 0 Å². The number of fused-ring (bicyclic) bond motifs is 3. The summed E-state index contributed by atoms with van der Waals surface area (Å²) in [5, 5.41) is 8.20. The molecule has 0 unspecified atom stereocenters. The van der Waals surface area contributed by atoms with E-state index in [2.05, 4.69) is 22.5 Å². The largest absolute Gasteiger partial charge is 0.325 e. The first kappa shape index (κ1) is 19.9. The van der Waals surface area contributed by atoms with Crippen LogP contribution in [0, 0.1) is 5.92 Å². The number of nitrogens with zero attached hydrogens (tertiary/aromatic N) is 2. The fraction of sp³-hybridized carbons (Fsp3) is 0.391. The Balaban J connectivity index is 1.30. The quantitative estimate of drug-likeness (QED) is 0.597. The third-order valence-electron chi connectivity index (χ3n) is 6.61. The molecule has 2 N–H and O–H groups in total. The monoisotopic (exact) mass is 436 g/mol. The normalized spacial score (nSPS) is 23.6. The molecule has 0 bridgehead atoms. The summed E-state index contributed by atoms with van der Waals surface area (Å²) in [6.07, 6.45) is 4.20. The maximum Gasteiger partial charge on any atom is 0.325 e. The van der Waals surface area contributed by atoms with Crippen LogP contribution in [-0.4, -0.2) is 39.8 Å². The van der Waals surface area contributed by atoms with Crippen LogP contribution in [0.15, 0.2) is 36.4 Å². The molecule has 7 nitrogen and oxygen atoms in total. The van der Waals surface area contributed by atoms with Crippen LogP contribution in [-0.2, 0) is 9.59 Å². The van der Waals surface area contributed by atoms with E-state index in [1.165, 1.54) is 11.3 Å². The Bertz CT molecular complexity index is 1200. The number of carbonyl (C=O) groups excluding carboxylic acids is 3. The summed E-state index contributed by atoms with van der Waals surface area (Å²) in [5.74, 6) is -0.105. The molecule has 1 aliphatic carbocycles. The van der Waals surface area contributed by atoms with E-state index in [4.69, 9.17) is 0 Å². The predicted octanol–water partition coefficient (Wildman–Crippen LogP) is 4.28. The van der Waals surface area contributed by atoms with Crippen molar-refractivity contribution in [1.29, 1.82) is 0 Å². The summed E-state index contributed by atoms with van der Waals surface area (Å²) in [7, 11) is 0. The Morgan fingerprint density at radius 3 is 2.77 bits per heavy atom. The smallest absolute Gasteiger partial charge is 0.323 e. The number of urea groups is 1. The molecular weight excluding hydrogens is 412 g/mol. The van der Waals surface area contributed by atoms with Gasteiger partial charge in [0.05, 0.1) is 10.2 Å². The maximum atomic E-state index is 13.0. The van der Waals surface area contributed by atoms with Crippen molar-refractivity contribution in [3.8, 4) is 0 Å². The van der Waals surface area contributed by atoms with Crippen molar-refractivity contribution in [3.63, 3.8) is 0 Å². The van der Waals surface area contributed by atoms with E-state index in [1.807, 2.05) is 36.4 Å². The van der Waals surface area contributed by atoms with Crippen LogP contribution < -0.4 is 10.6 Å². The lowest BCUT2D eigenvalue weighted by Gasteiger charge is -2.34. The van der Waals surface area contributed by atoms with Crippen LogP contribution in [0.3, 0.4) is 0 Å². The molecule has 5 rings (SSSR count). The number of imide groups is 1. The Labute approximate surface area is 183 Å². The van der Waals surface area contributed by atoms with Gasteiger partial charge >= 0.3 is 6.03 Å². The summed E-state index contributed by atoms with van der Waals surface area (Å²) in [4.78, 5) is 43.8. The molecular formula is C23H24N4O3S. The predicted molar refractivity (Wildman–Crippen MR) is 121 cm³/mol. The molecule has 2 aliphatic rings. The van der Waals surface area contributed by atoms with Crippen molar-refractivity contribution >= 4 is 55.3 Å². The molecule has 0 radical (unpaired) electrons. The number of thiazole rings is 1. The second-order valence-electron chi connectivity index (χ2n) is 8.46. The zero-order valence-electron chi connectivity index (χ0n) is 17.3. The lowest BCUT2D eigenvalue weighted by molar-refractivity contribution is -0.135. The van der Waals surface area contributed by atoms with Crippen LogP contribution >= 0.6 is 11.3 Å². The first-order chi connectivity index (χ1) is 15.0. The highest BCUT2D eigenvalue weighted by Crippen LogP contribution is 2.37. The molecule has 1 aromatic heterocycles. The minimum Gasteiger partial charge on any atom is -0.323 e. The molecule has 1 saturated carbocycles. The average molecular weight is 437 g/mol. The van der Waals surface area contributed by atoms with Crippen molar-refractivity contribution in [3.05, 3.63) is 36.4 Å². The van der Waals surface area contributed by atoms with E-state index < -0.39 is 17.5 Å². The number of aromatic nitrogens is 1. The van der Waals surface area contributed by atoms with Crippen LogP contribution in [0.2, 0.25) is 0 Å². The molecule has 8 heteroatoms. The first-order valence-corrected chi connectivity index (χ1v) is 11.5. The number of hydrogen-bond acceptors (Lipinski definition) is 5. The standard InChI is InChI=1S/C23H24N4O3S/c1-2-14-9-11-23(12-10-14)20(29)27(22(30)26-23)13-18(28)24-21-25-19-16-6-4-3-5-15(16)7-8-17(19)31-21/h3-8,14H,2,9-13H2,1H3,(H,26,30)(H,24,25,28). The number of benzene rings is 2. The van der Waals surface area contributed by atoms with E-state index in [9.17, 15) is 14.4 Å². The van der Waals surface area contributed by atoms with Crippen LogP contribution in [0.5, 0.6) is 0 Å². The highest BCUT2D eigenvalue weighted by Gasteiger charge is 2.52. The van der Waals surface area contributed by atoms with Crippen LogP contribution in [0.4, 0.5) is 9.93 Å². The molecule has 160 valence electrons. The molecule has 2 aromatic carbocycles. The SMILES string of the molecule is CCC1CCC2(CC1)NC(=O)N(CC(=O)Nc1nc3c(ccc4ccccc43)s1)C2=O. The topological polar surface area (TPSA) is 91.4 Å². The van der Waals surface area contributed by atoms with Gasteiger partial charge < -0.3 is 10.6 Å². The summed E-state index contributed by atoms with van der Waals surface area (Å²) in [5.41, 5.74) is -0.00214. The van der Waals surface area contributed by atoms with Crippen molar-refractivity contribution in [2.24, 2.45) is 5.92 Å². The highest BCUT2D eigenvalue weighted by atomic mass is 32.1. The minimum absolute atomic E-state index is 0.280. The third kappa shape index (κ3) is 3.44. The second kappa shape index (κ2) is 7.60. The Morgan fingerprint density at radius 1 is 1.23 bits per heavy atom. The Morgan fingerprint density at radius 2 is 2.00 bits per heavy atom. The van der Waals surface area contributed by atoms with E-state index in [1.54, 1.807) is 0 Å². The summed E-state index contributed by atoms with van der Waals surface area (Å²) >= 11 is 1.38. The molecule has 1 spiro atoms. The van der Waals surface area contributed by atoms with E-state index in [0.717, 1.165) is 45.2 Å². The third-order valence-corrected chi connectivity index (χ3v) is 7.55. The average Bonchev–Trinajstić information content (AvgIpc) is 3.28. The maximum absolute atomic E-state index is 13.0. The van der Waals surface area contributed by atoms with Gasteiger partial charge in [0.1, 0.15) is 12.1 Å². The van der Waals surface area contributed by atoms with Crippen LogP contribution in [0.25, 0.3) is 21.0 Å². The lowest BCUT2D eigenvalue weighted by Crippen LogP contribution is -2.49. The fourth-order valence-corrected chi connectivity index (χ4v) is 5.65. The molecule has 0 atom stereocenters. The lowest BCUT2D eigenvalue weighted by atomic mass is 9.75. The van der Waals surface area contributed by atoms with Gasteiger partial charge in [0.2, 0.25) is 5.91 Å². The van der Waals surface area contributed by atoms with Gasteiger partial charge in [-0.15, -0.1) is 0 Å². The molecule has 4 amide bonds. The zero-order chi connectivity index (χ0) is 21.6. The molecule has 2 heterocycles. The number of hydrogen-bond donors (Lipinski definition) is 2. The number of carbonyl (C=O) groups is 3. The number of amides is 4. The van der Waals surface area contributed by atoms with Gasteiger partial charge in [0, 0.05) is 5.39 Å². The molecule has 3 aromatic rings. The van der Waals surface area contributed by atoms with E-state index in [0.29, 0.717) is 23.9 Å². The Kier molecular flexibility index (Phi) is 4.89. The van der Waals surface area contributed by atoms with Gasteiger partial charge in [-0.3, -0.25) is 14.5 Å². The Hall–Kier alpha value is -3.00. The number of rotatable bonds is 4. The molecule has 2 fully saturated rings. The van der Waals surface area contributed by atoms with Crippen LogP contribution in [0.1, 0.15) is 39.0 Å². The first-order valence-electron chi connectivity index (χ1n) is 10.7. The van der Waals surface area contributed by atoms with E-state index >= 15 is 0 Å². The number of nitrogens with one attached hydrogen (secondary N) is 2. The fourth-order valence-electron chi connectivity index (χ4n) is 4.75. The minimum atomic E-state index is -0.836. The van der Waals surface area contributed by atoms with Gasteiger partial charge in [-0.1, -0.05) is 55.0 Å². The van der Waals surface area contributed by atoms with Gasteiger partial charge in [0.25, 0.3) is 5.91 Å². The summed E-state index contributed by atoms with van der Waals surface area (Å²) in [6.45, 7) is 1.85. The summed E-state index contributed by atoms with van der Waals surface area (Å²) < 4.78 is 0.968. The molecule has 1 aliphatic heterocycles. The number of anilines is 1. The van der Waals surface area contributed by atoms with E-state index in [-0.39, 0.29) is 12.5 Å². The highest BCUT2D eigenvalue weighted by molar-refractivity contribution is 7.22. The summed E-state index contributed by atoms with van der Waals surface area (Å²) in [6, 6.07) is 11.5. The van der Waals surface area contributed by atoms with Gasteiger partial charge in [0.15, 0.2) is 5.13 Å². The van der Waals surface area contributed by atoms with Crippen molar-refractivity contribution in [1.82, 2.24) is 15.2 Å². The molecule has 31 heavy (non-hydrogen) atoms. The van der Waals surface area contributed by atoms with Crippen molar-refractivity contribution in [2.45, 2.75) is 44.6 Å². The van der Waals surface area contributed by atoms with Crippen molar-refractivity contribution in [2.75, 3.05) is 11.9 Å². The second-order valence-corrected chi connectivity index (χ2v) is 9.49. The van der Waals surface area contributed by atoms with Gasteiger partial charge in [-0.05, 0) is 43.1 Å². The van der Waals surface area contributed by atoms with Crippen molar-refractivity contribution < 1.29 is 14.4 Å². The van der Waals surface area contributed by atoms with Gasteiger partial charge in [-0.25, -0.2) is 9.78 Å². The molecule has 1 saturated heterocycles.